The molecule has 3 rings (SSSR count). The summed E-state index contributed by atoms with van der Waals surface area (Å²) in [6, 6.07) is 7.95. The lowest BCUT2D eigenvalue weighted by Gasteiger charge is -2.32. The summed E-state index contributed by atoms with van der Waals surface area (Å²) < 4.78 is 0. The molecule has 0 atom stereocenters. The number of rotatable bonds is 5. The van der Waals surface area contributed by atoms with E-state index in [9.17, 15) is 9.59 Å². The summed E-state index contributed by atoms with van der Waals surface area (Å²) in [4.78, 5) is 27.5. The molecule has 1 aromatic carbocycles. The van der Waals surface area contributed by atoms with Gasteiger partial charge in [0.1, 0.15) is 0 Å². The lowest BCUT2D eigenvalue weighted by Crippen LogP contribution is -3.15. The smallest absolute Gasteiger partial charge is 0.279 e. The Morgan fingerprint density at radius 3 is 2.57 bits per heavy atom. The van der Waals surface area contributed by atoms with E-state index in [1.54, 1.807) is 0 Å². The first-order valence-corrected chi connectivity index (χ1v) is 8.67. The van der Waals surface area contributed by atoms with Gasteiger partial charge < -0.3 is 15.1 Å². The molecule has 0 aromatic heterocycles. The van der Waals surface area contributed by atoms with Crippen LogP contribution in [0.15, 0.2) is 24.3 Å². The molecule has 124 valence electrons. The van der Waals surface area contributed by atoms with Gasteiger partial charge in [-0.3, -0.25) is 9.59 Å². The predicted molar refractivity (Wildman–Crippen MR) is 89.3 cm³/mol. The van der Waals surface area contributed by atoms with Gasteiger partial charge in [-0.05, 0) is 30.9 Å². The Bertz CT molecular complexity index is 575. The fourth-order valence-electron chi connectivity index (χ4n) is 3.18. The van der Waals surface area contributed by atoms with Crippen molar-refractivity contribution in [2.24, 2.45) is 5.92 Å². The fraction of sp³-hybridized carbons (Fsp3) is 0.556. The molecular weight excluding hydrogens is 290 g/mol. The van der Waals surface area contributed by atoms with Gasteiger partial charge in [-0.2, -0.15) is 0 Å². The van der Waals surface area contributed by atoms with Gasteiger partial charge in [0.2, 0.25) is 5.91 Å². The van der Waals surface area contributed by atoms with E-state index < -0.39 is 0 Å². The topological polar surface area (TPSA) is 53.9 Å². The van der Waals surface area contributed by atoms with Gasteiger partial charge in [0.25, 0.3) is 5.91 Å². The van der Waals surface area contributed by atoms with Gasteiger partial charge in [0.05, 0.1) is 26.2 Å². The molecule has 2 amide bonds. The number of benzene rings is 1. The van der Waals surface area contributed by atoms with Gasteiger partial charge in [-0.25, -0.2) is 0 Å². The first-order valence-electron chi connectivity index (χ1n) is 8.67. The molecule has 0 bridgehead atoms. The van der Waals surface area contributed by atoms with Crippen molar-refractivity contribution in [3.05, 3.63) is 29.8 Å². The highest BCUT2D eigenvalue weighted by atomic mass is 16.2. The minimum absolute atomic E-state index is 0.0582. The second-order valence-electron chi connectivity index (χ2n) is 6.59. The quantitative estimate of drug-likeness (QED) is 0.822. The number of amides is 2. The molecule has 2 aliphatic rings. The number of piperazine rings is 1. The van der Waals surface area contributed by atoms with E-state index in [0.717, 1.165) is 56.7 Å². The second-order valence-corrected chi connectivity index (χ2v) is 6.59. The maximum Gasteiger partial charge on any atom is 0.279 e. The summed E-state index contributed by atoms with van der Waals surface area (Å²) in [5.41, 5.74) is 2.08. The van der Waals surface area contributed by atoms with Crippen LogP contribution in [-0.2, 0) is 16.0 Å². The Morgan fingerprint density at radius 2 is 1.91 bits per heavy atom. The molecule has 1 heterocycles. The van der Waals surface area contributed by atoms with Crippen molar-refractivity contribution >= 4 is 17.5 Å². The average molecular weight is 316 g/mol. The van der Waals surface area contributed by atoms with E-state index in [1.165, 1.54) is 4.90 Å². The summed E-state index contributed by atoms with van der Waals surface area (Å²) in [6.07, 6.45) is 3.03. The number of carbonyl (C=O) groups excluding carboxylic acids is 2. The molecule has 23 heavy (non-hydrogen) atoms. The van der Waals surface area contributed by atoms with Crippen molar-refractivity contribution < 1.29 is 14.5 Å². The number of para-hydroxylation sites is 1. The number of anilines is 1. The Labute approximate surface area is 137 Å². The van der Waals surface area contributed by atoms with Crippen LogP contribution in [0.2, 0.25) is 0 Å². The first kappa shape index (κ1) is 16.0. The molecule has 1 aliphatic carbocycles. The van der Waals surface area contributed by atoms with E-state index in [4.69, 9.17) is 0 Å². The number of carbonyl (C=O) groups is 2. The number of quaternary nitrogens is 1. The monoisotopic (exact) mass is 316 g/mol. The van der Waals surface area contributed by atoms with Crippen molar-refractivity contribution in [1.29, 1.82) is 0 Å². The highest BCUT2D eigenvalue weighted by Crippen LogP contribution is 2.30. The third kappa shape index (κ3) is 4.10. The minimum Gasteiger partial charge on any atom is -0.331 e. The molecule has 1 aliphatic heterocycles. The standard InChI is InChI=1S/C18H25N3O2/c1-2-14-5-3-4-6-16(14)19-17(22)13-20-9-11-21(12-10-20)18(23)15-7-8-15/h3-6,15H,2,7-13H2,1H3,(H,19,22)/p+1. The molecule has 0 radical (unpaired) electrons. The molecule has 1 saturated carbocycles. The van der Waals surface area contributed by atoms with Gasteiger partial charge in [0, 0.05) is 11.6 Å². The van der Waals surface area contributed by atoms with E-state index in [2.05, 4.69) is 12.2 Å². The Kier molecular flexibility index (Phi) is 4.96. The summed E-state index contributed by atoms with van der Waals surface area (Å²) >= 11 is 0. The van der Waals surface area contributed by atoms with E-state index in [1.807, 2.05) is 29.2 Å². The zero-order chi connectivity index (χ0) is 16.2. The van der Waals surface area contributed by atoms with Crippen LogP contribution in [0.1, 0.15) is 25.3 Å². The van der Waals surface area contributed by atoms with Crippen LogP contribution in [-0.4, -0.2) is 49.4 Å². The second kappa shape index (κ2) is 7.13. The Morgan fingerprint density at radius 1 is 1.22 bits per heavy atom. The normalized spacial score (nSPS) is 18.7. The van der Waals surface area contributed by atoms with Crippen LogP contribution in [0.4, 0.5) is 5.69 Å². The minimum atomic E-state index is 0.0582. The maximum absolute atomic E-state index is 12.3. The molecule has 1 saturated heterocycles. The van der Waals surface area contributed by atoms with Crippen molar-refractivity contribution in [1.82, 2.24) is 4.90 Å². The van der Waals surface area contributed by atoms with Crippen molar-refractivity contribution in [3.63, 3.8) is 0 Å². The largest absolute Gasteiger partial charge is 0.331 e. The summed E-state index contributed by atoms with van der Waals surface area (Å²) in [7, 11) is 0. The number of aryl methyl sites for hydroxylation is 1. The maximum atomic E-state index is 12.3. The molecular formula is C18H26N3O2+. The third-order valence-corrected chi connectivity index (χ3v) is 4.79. The number of hydrogen-bond donors (Lipinski definition) is 2. The van der Waals surface area contributed by atoms with Crippen LogP contribution in [0, 0.1) is 5.92 Å². The van der Waals surface area contributed by atoms with Crippen molar-refractivity contribution in [3.8, 4) is 0 Å². The molecule has 5 heteroatoms. The van der Waals surface area contributed by atoms with Crippen LogP contribution in [0.3, 0.4) is 0 Å². The summed E-state index contributed by atoms with van der Waals surface area (Å²) in [6.45, 7) is 5.85. The Balaban J connectivity index is 1.46. The molecule has 0 spiro atoms. The lowest BCUT2D eigenvalue weighted by atomic mass is 10.1. The zero-order valence-corrected chi connectivity index (χ0v) is 13.8. The number of hydrogen-bond acceptors (Lipinski definition) is 2. The predicted octanol–water partition coefficient (Wildman–Crippen LogP) is 0.325. The van der Waals surface area contributed by atoms with Crippen LogP contribution in [0.5, 0.6) is 0 Å². The van der Waals surface area contributed by atoms with Gasteiger partial charge >= 0.3 is 0 Å². The van der Waals surface area contributed by atoms with Gasteiger partial charge in [-0.1, -0.05) is 25.1 Å². The van der Waals surface area contributed by atoms with E-state index >= 15 is 0 Å². The fourth-order valence-corrected chi connectivity index (χ4v) is 3.18. The van der Waals surface area contributed by atoms with Crippen molar-refractivity contribution in [2.75, 3.05) is 38.0 Å². The molecule has 1 aromatic rings. The van der Waals surface area contributed by atoms with E-state index in [-0.39, 0.29) is 5.91 Å². The summed E-state index contributed by atoms with van der Waals surface area (Å²) in [5.74, 6) is 0.679. The summed E-state index contributed by atoms with van der Waals surface area (Å²) in [5, 5.41) is 3.03. The average Bonchev–Trinajstić information content (AvgIpc) is 3.40. The zero-order valence-electron chi connectivity index (χ0n) is 13.8. The highest BCUT2D eigenvalue weighted by molar-refractivity contribution is 5.92. The lowest BCUT2D eigenvalue weighted by molar-refractivity contribution is -0.895. The van der Waals surface area contributed by atoms with Crippen molar-refractivity contribution in [2.45, 2.75) is 26.2 Å². The van der Waals surface area contributed by atoms with Crippen LogP contribution in [0.25, 0.3) is 0 Å². The SMILES string of the molecule is CCc1ccccc1NC(=O)C[NH+]1CCN(C(=O)C2CC2)CC1. The number of nitrogens with one attached hydrogen (secondary N) is 2. The van der Waals surface area contributed by atoms with Gasteiger partial charge in [-0.15, -0.1) is 0 Å². The van der Waals surface area contributed by atoms with Crippen LogP contribution < -0.4 is 10.2 Å². The molecule has 2 N–H and O–H groups in total. The molecule has 5 nitrogen and oxygen atoms in total. The van der Waals surface area contributed by atoms with Gasteiger partial charge in [0.15, 0.2) is 6.54 Å². The highest BCUT2D eigenvalue weighted by Gasteiger charge is 2.35. The number of nitrogens with zero attached hydrogens (tertiary/aromatic N) is 1. The van der Waals surface area contributed by atoms with Crippen LogP contribution >= 0.6 is 0 Å². The molecule has 0 unspecified atom stereocenters. The first-order chi connectivity index (χ1) is 11.2. The van der Waals surface area contributed by atoms with E-state index in [0.29, 0.717) is 18.4 Å². The molecule has 2 fully saturated rings. The third-order valence-electron chi connectivity index (χ3n) is 4.79. The Hall–Kier alpha value is -1.88.